The summed E-state index contributed by atoms with van der Waals surface area (Å²) in [4.78, 5) is 11.1. The first-order valence-corrected chi connectivity index (χ1v) is 8.18. The van der Waals surface area contributed by atoms with Gasteiger partial charge in [0.25, 0.3) is 0 Å². The summed E-state index contributed by atoms with van der Waals surface area (Å²) in [5.74, 6) is -2.00. The summed E-state index contributed by atoms with van der Waals surface area (Å²) in [7, 11) is -3.97. The van der Waals surface area contributed by atoms with Crippen LogP contribution in [-0.2, 0) is 14.8 Å². The molecule has 0 amide bonds. The molecule has 1 aromatic carbocycles. The summed E-state index contributed by atoms with van der Waals surface area (Å²) >= 11 is 3.01. The van der Waals surface area contributed by atoms with Crippen molar-refractivity contribution in [2.24, 2.45) is 5.92 Å². The smallest absolute Gasteiger partial charge is 0.322 e. The first-order chi connectivity index (χ1) is 9.25. The molecule has 110 valence electrons. The summed E-state index contributed by atoms with van der Waals surface area (Å²) in [5, 5.41) is 9.20. The first kappa shape index (κ1) is 15.4. The number of benzene rings is 1. The topological polar surface area (TPSA) is 74.7 Å². The Morgan fingerprint density at radius 1 is 1.50 bits per heavy atom. The van der Waals surface area contributed by atoms with Crippen LogP contribution in [0.5, 0.6) is 0 Å². The number of hydrogen-bond donors (Lipinski definition) is 1. The number of hydrogen-bond acceptors (Lipinski definition) is 3. The van der Waals surface area contributed by atoms with Crippen LogP contribution < -0.4 is 0 Å². The predicted octanol–water partition coefficient (Wildman–Crippen LogP) is 2.07. The molecule has 1 saturated heterocycles. The Bertz CT molecular complexity index is 649. The van der Waals surface area contributed by atoms with Gasteiger partial charge in [-0.05, 0) is 46.5 Å². The zero-order valence-electron chi connectivity index (χ0n) is 10.6. The van der Waals surface area contributed by atoms with Crippen LogP contribution in [0, 0.1) is 11.7 Å². The maximum absolute atomic E-state index is 13.0. The van der Waals surface area contributed by atoms with Crippen LogP contribution >= 0.6 is 15.9 Å². The third-order valence-corrected chi connectivity index (χ3v) is 6.25. The van der Waals surface area contributed by atoms with E-state index in [9.17, 15) is 22.7 Å². The number of carbonyl (C=O) groups is 1. The van der Waals surface area contributed by atoms with Gasteiger partial charge >= 0.3 is 5.97 Å². The highest BCUT2D eigenvalue weighted by atomic mass is 79.9. The van der Waals surface area contributed by atoms with Gasteiger partial charge in [-0.3, -0.25) is 4.79 Å². The van der Waals surface area contributed by atoms with Crippen molar-refractivity contribution in [2.45, 2.75) is 24.3 Å². The highest BCUT2D eigenvalue weighted by Gasteiger charge is 2.44. The van der Waals surface area contributed by atoms with Crippen molar-refractivity contribution in [1.29, 1.82) is 0 Å². The molecule has 0 aliphatic carbocycles. The van der Waals surface area contributed by atoms with E-state index >= 15 is 0 Å². The van der Waals surface area contributed by atoms with E-state index in [-0.39, 0.29) is 21.8 Å². The molecule has 1 aromatic rings. The van der Waals surface area contributed by atoms with E-state index in [2.05, 4.69) is 15.9 Å². The highest BCUT2D eigenvalue weighted by Crippen LogP contribution is 2.33. The molecule has 1 heterocycles. The Morgan fingerprint density at radius 2 is 2.15 bits per heavy atom. The second kappa shape index (κ2) is 5.42. The Morgan fingerprint density at radius 3 is 2.70 bits per heavy atom. The fourth-order valence-electron chi connectivity index (χ4n) is 2.36. The molecule has 0 saturated carbocycles. The standard InChI is InChI=1S/C12H13BrFNO4S/c1-7-4-5-15(11(7)12(16)17)20(18,19)10-3-2-8(14)6-9(10)13/h2-3,6-7,11H,4-5H2,1H3,(H,16,17). The van der Waals surface area contributed by atoms with Crippen LogP contribution in [0.15, 0.2) is 27.6 Å². The van der Waals surface area contributed by atoms with Crippen molar-refractivity contribution < 1.29 is 22.7 Å². The molecule has 2 rings (SSSR count). The zero-order chi connectivity index (χ0) is 15.1. The van der Waals surface area contributed by atoms with E-state index in [0.717, 1.165) is 22.5 Å². The van der Waals surface area contributed by atoms with Crippen molar-refractivity contribution in [1.82, 2.24) is 4.31 Å². The van der Waals surface area contributed by atoms with Crippen LogP contribution in [-0.4, -0.2) is 36.4 Å². The molecular formula is C12H13BrFNO4S. The quantitative estimate of drug-likeness (QED) is 0.889. The Hall–Kier alpha value is -0.990. The van der Waals surface area contributed by atoms with Gasteiger partial charge in [-0.1, -0.05) is 6.92 Å². The average Bonchev–Trinajstić information content (AvgIpc) is 2.71. The molecule has 0 radical (unpaired) electrons. The summed E-state index contributed by atoms with van der Waals surface area (Å²) < 4.78 is 39.2. The minimum absolute atomic E-state index is 0.0844. The molecule has 1 aliphatic rings. The lowest BCUT2D eigenvalue weighted by atomic mass is 10.0. The number of aliphatic carboxylic acids is 1. The van der Waals surface area contributed by atoms with Gasteiger partial charge in [-0.15, -0.1) is 0 Å². The van der Waals surface area contributed by atoms with E-state index in [4.69, 9.17) is 0 Å². The van der Waals surface area contributed by atoms with Crippen molar-refractivity contribution in [3.8, 4) is 0 Å². The minimum Gasteiger partial charge on any atom is -0.480 e. The molecule has 2 atom stereocenters. The second-order valence-electron chi connectivity index (χ2n) is 4.74. The van der Waals surface area contributed by atoms with Crippen LogP contribution in [0.25, 0.3) is 0 Å². The molecule has 1 aliphatic heterocycles. The predicted molar refractivity (Wildman–Crippen MR) is 73.2 cm³/mol. The van der Waals surface area contributed by atoms with Crippen LogP contribution in [0.1, 0.15) is 13.3 Å². The van der Waals surface area contributed by atoms with Crippen LogP contribution in [0.4, 0.5) is 4.39 Å². The third-order valence-electron chi connectivity index (χ3n) is 3.39. The van der Waals surface area contributed by atoms with E-state index in [1.54, 1.807) is 6.92 Å². The summed E-state index contributed by atoms with van der Waals surface area (Å²) in [6, 6.07) is 2.13. The van der Waals surface area contributed by atoms with Gasteiger partial charge in [0.05, 0.1) is 4.90 Å². The van der Waals surface area contributed by atoms with Gasteiger partial charge in [0.2, 0.25) is 10.0 Å². The van der Waals surface area contributed by atoms with Crippen molar-refractivity contribution in [3.63, 3.8) is 0 Å². The minimum atomic E-state index is -3.97. The summed E-state index contributed by atoms with van der Waals surface area (Å²) in [6.07, 6.45) is 0.481. The molecule has 2 unspecified atom stereocenters. The van der Waals surface area contributed by atoms with Crippen LogP contribution in [0.2, 0.25) is 0 Å². The fraction of sp³-hybridized carbons (Fsp3) is 0.417. The zero-order valence-corrected chi connectivity index (χ0v) is 13.0. The number of carboxylic acid groups (broad SMARTS) is 1. The van der Waals surface area contributed by atoms with E-state index in [1.165, 1.54) is 0 Å². The number of carboxylic acids is 1. The number of rotatable bonds is 3. The van der Waals surface area contributed by atoms with E-state index in [1.807, 2.05) is 0 Å². The van der Waals surface area contributed by atoms with Gasteiger partial charge in [0.15, 0.2) is 0 Å². The van der Waals surface area contributed by atoms with Gasteiger partial charge < -0.3 is 5.11 Å². The van der Waals surface area contributed by atoms with E-state index < -0.39 is 27.9 Å². The van der Waals surface area contributed by atoms with Gasteiger partial charge in [0.1, 0.15) is 11.9 Å². The SMILES string of the molecule is CC1CCN(S(=O)(=O)c2ccc(F)cc2Br)C1C(=O)O. The Balaban J connectivity index is 2.47. The maximum Gasteiger partial charge on any atom is 0.322 e. The molecule has 1 fully saturated rings. The van der Waals surface area contributed by atoms with Crippen molar-refractivity contribution in [2.75, 3.05) is 6.54 Å². The molecule has 0 spiro atoms. The molecule has 0 aromatic heterocycles. The lowest BCUT2D eigenvalue weighted by molar-refractivity contribution is -0.141. The first-order valence-electron chi connectivity index (χ1n) is 5.95. The Labute approximate surface area is 124 Å². The Kier molecular flexibility index (Phi) is 4.17. The van der Waals surface area contributed by atoms with Crippen molar-refractivity contribution in [3.05, 3.63) is 28.5 Å². The lowest BCUT2D eigenvalue weighted by Crippen LogP contribution is -2.42. The number of nitrogens with zero attached hydrogens (tertiary/aromatic N) is 1. The summed E-state index contributed by atoms with van der Waals surface area (Å²) in [5.41, 5.74) is 0. The van der Waals surface area contributed by atoms with Crippen molar-refractivity contribution >= 4 is 31.9 Å². The van der Waals surface area contributed by atoms with Gasteiger partial charge in [0, 0.05) is 11.0 Å². The van der Waals surface area contributed by atoms with E-state index in [0.29, 0.717) is 6.42 Å². The molecule has 5 nitrogen and oxygen atoms in total. The molecular weight excluding hydrogens is 353 g/mol. The molecule has 0 bridgehead atoms. The monoisotopic (exact) mass is 365 g/mol. The normalized spacial score (nSPS) is 23.9. The lowest BCUT2D eigenvalue weighted by Gasteiger charge is -2.23. The molecule has 1 N–H and O–H groups in total. The largest absolute Gasteiger partial charge is 0.480 e. The molecule has 8 heteroatoms. The average molecular weight is 366 g/mol. The van der Waals surface area contributed by atoms with Gasteiger partial charge in [-0.25, -0.2) is 12.8 Å². The second-order valence-corrected chi connectivity index (χ2v) is 7.45. The number of halogens is 2. The number of sulfonamides is 1. The third kappa shape index (κ3) is 2.59. The fourth-order valence-corrected chi connectivity index (χ4v) is 5.06. The summed E-state index contributed by atoms with van der Waals surface area (Å²) in [6.45, 7) is 1.85. The van der Waals surface area contributed by atoms with Gasteiger partial charge in [-0.2, -0.15) is 4.31 Å². The molecule has 20 heavy (non-hydrogen) atoms. The highest BCUT2D eigenvalue weighted by molar-refractivity contribution is 9.10. The maximum atomic E-state index is 13.0. The van der Waals surface area contributed by atoms with Crippen LogP contribution in [0.3, 0.4) is 0 Å².